The van der Waals surface area contributed by atoms with Gasteiger partial charge in [-0.3, -0.25) is 4.99 Å². The van der Waals surface area contributed by atoms with Crippen molar-refractivity contribution in [3.05, 3.63) is 35.9 Å². The Morgan fingerprint density at radius 3 is 2.77 bits per heavy atom. The SMILES string of the molecule is CCNC(=NCCCS(=O)(=O)Cc1ccccc1)N(C)CC1CCOC1. The van der Waals surface area contributed by atoms with E-state index in [9.17, 15) is 8.42 Å². The molecule has 1 heterocycles. The molecular formula is C19H31N3O3S. The smallest absolute Gasteiger partial charge is 0.193 e. The van der Waals surface area contributed by atoms with Gasteiger partial charge in [0, 0.05) is 39.2 Å². The van der Waals surface area contributed by atoms with E-state index in [4.69, 9.17) is 4.74 Å². The van der Waals surface area contributed by atoms with E-state index >= 15 is 0 Å². The van der Waals surface area contributed by atoms with Crippen LogP contribution in [0, 0.1) is 5.92 Å². The van der Waals surface area contributed by atoms with Crippen LogP contribution in [0.25, 0.3) is 0 Å². The van der Waals surface area contributed by atoms with Crippen molar-refractivity contribution in [3.8, 4) is 0 Å². The topological polar surface area (TPSA) is 71.0 Å². The Balaban J connectivity index is 1.81. The molecule has 6 nitrogen and oxygen atoms in total. The first-order chi connectivity index (χ1) is 12.5. The fourth-order valence-corrected chi connectivity index (χ4v) is 4.45. The van der Waals surface area contributed by atoms with Gasteiger partial charge in [-0.1, -0.05) is 30.3 Å². The van der Waals surface area contributed by atoms with Gasteiger partial charge in [0.1, 0.15) is 0 Å². The van der Waals surface area contributed by atoms with Gasteiger partial charge in [-0.15, -0.1) is 0 Å². The van der Waals surface area contributed by atoms with Crippen LogP contribution in [0.15, 0.2) is 35.3 Å². The number of guanidine groups is 1. The van der Waals surface area contributed by atoms with E-state index in [2.05, 4.69) is 15.2 Å². The standard InChI is InChI=1S/C19H31N3O3S/c1-3-20-19(22(2)14-18-10-12-25-15-18)21-11-7-13-26(23,24)16-17-8-5-4-6-9-17/h4-6,8-9,18H,3,7,10-16H2,1-2H3,(H,20,21). The zero-order chi connectivity index (χ0) is 18.8. The Bertz CT molecular complexity index is 656. The van der Waals surface area contributed by atoms with Crippen molar-refractivity contribution in [1.29, 1.82) is 0 Å². The van der Waals surface area contributed by atoms with Gasteiger partial charge >= 0.3 is 0 Å². The zero-order valence-electron chi connectivity index (χ0n) is 15.9. The van der Waals surface area contributed by atoms with Gasteiger partial charge in [0.15, 0.2) is 15.8 Å². The molecule has 26 heavy (non-hydrogen) atoms. The first-order valence-corrected chi connectivity index (χ1v) is 11.1. The quantitative estimate of drug-likeness (QED) is 0.402. The molecule has 0 amide bonds. The van der Waals surface area contributed by atoms with Crippen molar-refractivity contribution in [2.45, 2.75) is 25.5 Å². The van der Waals surface area contributed by atoms with E-state index in [1.165, 1.54) is 0 Å². The lowest BCUT2D eigenvalue weighted by Crippen LogP contribution is -2.41. The summed E-state index contributed by atoms with van der Waals surface area (Å²) < 4.78 is 29.9. The van der Waals surface area contributed by atoms with Gasteiger partial charge in [0.25, 0.3) is 0 Å². The number of benzene rings is 1. The number of hydrogen-bond acceptors (Lipinski definition) is 4. The summed E-state index contributed by atoms with van der Waals surface area (Å²) in [5.41, 5.74) is 0.836. The lowest BCUT2D eigenvalue weighted by molar-refractivity contribution is 0.181. The molecule has 2 rings (SSSR count). The maximum absolute atomic E-state index is 12.2. The molecule has 1 aliphatic heterocycles. The highest BCUT2D eigenvalue weighted by molar-refractivity contribution is 7.90. The Morgan fingerprint density at radius 2 is 2.12 bits per heavy atom. The summed E-state index contributed by atoms with van der Waals surface area (Å²) in [4.78, 5) is 6.70. The molecule has 0 spiro atoms. The summed E-state index contributed by atoms with van der Waals surface area (Å²) in [6, 6.07) is 9.31. The van der Waals surface area contributed by atoms with Gasteiger partial charge in [-0.25, -0.2) is 8.42 Å². The first-order valence-electron chi connectivity index (χ1n) is 9.31. The molecule has 0 aliphatic carbocycles. The number of hydrogen-bond donors (Lipinski definition) is 1. The van der Waals surface area contributed by atoms with Crippen LogP contribution in [0.5, 0.6) is 0 Å². The minimum Gasteiger partial charge on any atom is -0.381 e. The number of rotatable bonds is 9. The van der Waals surface area contributed by atoms with Crippen LogP contribution in [0.3, 0.4) is 0 Å². The maximum atomic E-state index is 12.2. The average Bonchev–Trinajstić information content (AvgIpc) is 3.11. The summed E-state index contributed by atoms with van der Waals surface area (Å²) in [6.45, 7) is 5.87. The zero-order valence-corrected chi connectivity index (χ0v) is 16.7. The highest BCUT2D eigenvalue weighted by Crippen LogP contribution is 2.13. The van der Waals surface area contributed by atoms with Gasteiger partial charge in [-0.2, -0.15) is 0 Å². The Hall–Kier alpha value is -1.60. The second-order valence-corrected chi connectivity index (χ2v) is 8.96. The Kier molecular flexibility index (Phi) is 8.38. The Morgan fingerprint density at radius 1 is 1.35 bits per heavy atom. The summed E-state index contributed by atoms with van der Waals surface area (Å²) in [7, 11) is -1.08. The van der Waals surface area contributed by atoms with Crippen molar-refractivity contribution in [3.63, 3.8) is 0 Å². The molecule has 1 saturated heterocycles. The molecule has 1 fully saturated rings. The van der Waals surface area contributed by atoms with Gasteiger partial charge < -0.3 is 15.0 Å². The minimum absolute atomic E-state index is 0.0964. The maximum Gasteiger partial charge on any atom is 0.193 e. The molecule has 1 aliphatic rings. The summed E-state index contributed by atoms with van der Waals surface area (Å²) in [6.07, 6.45) is 1.62. The molecule has 1 N–H and O–H groups in total. The van der Waals surface area contributed by atoms with E-state index in [-0.39, 0.29) is 11.5 Å². The molecule has 0 bridgehead atoms. The molecule has 0 saturated carbocycles. The molecule has 146 valence electrons. The van der Waals surface area contributed by atoms with Crippen molar-refractivity contribution in [2.24, 2.45) is 10.9 Å². The number of aliphatic imine (C=N–C) groups is 1. The number of nitrogens with zero attached hydrogens (tertiary/aromatic N) is 2. The molecule has 1 aromatic rings. The predicted octanol–water partition coefficient (Wildman–Crippen LogP) is 1.93. The van der Waals surface area contributed by atoms with Crippen molar-refractivity contribution in [2.75, 3.05) is 45.6 Å². The van der Waals surface area contributed by atoms with E-state index in [1.54, 1.807) is 0 Å². The summed E-state index contributed by atoms with van der Waals surface area (Å²) in [5, 5.41) is 3.28. The lowest BCUT2D eigenvalue weighted by Gasteiger charge is -2.24. The second kappa shape index (κ2) is 10.5. The van der Waals surface area contributed by atoms with Gasteiger partial charge in [0.2, 0.25) is 0 Å². The van der Waals surface area contributed by atoms with E-state index in [0.29, 0.717) is 18.9 Å². The van der Waals surface area contributed by atoms with Crippen LogP contribution in [-0.2, 0) is 20.3 Å². The Labute approximate surface area is 157 Å². The first kappa shape index (κ1) is 20.7. The molecule has 1 unspecified atom stereocenters. The number of nitrogens with one attached hydrogen (secondary N) is 1. The predicted molar refractivity (Wildman–Crippen MR) is 106 cm³/mol. The summed E-state index contributed by atoms with van der Waals surface area (Å²) in [5.74, 6) is 1.62. The van der Waals surface area contributed by atoms with Crippen LogP contribution in [-0.4, -0.2) is 64.9 Å². The monoisotopic (exact) mass is 381 g/mol. The van der Waals surface area contributed by atoms with Crippen LogP contribution < -0.4 is 5.32 Å². The van der Waals surface area contributed by atoms with Crippen LogP contribution >= 0.6 is 0 Å². The average molecular weight is 382 g/mol. The minimum atomic E-state index is -3.10. The number of ether oxygens (including phenoxy) is 1. The molecular weight excluding hydrogens is 350 g/mol. The third-order valence-corrected chi connectivity index (χ3v) is 6.04. The highest BCUT2D eigenvalue weighted by atomic mass is 32.2. The van der Waals surface area contributed by atoms with Crippen molar-refractivity contribution >= 4 is 15.8 Å². The van der Waals surface area contributed by atoms with Crippen LogP contribution in [0.1, 0.15) is 25.3 Å². The lowest BCUT2D eigenvalue weighted by atomic mass is 10.1. The van der Waals surface area contributed by atoms with Crippen LogP contribution in [0.4, 0.5) is 0 Å². The second-order valence-electron chi connectivity index (χ2n) is 6.78. The molecule has 1 atom stereocenters. The molecule has 0 aromatic heterocycles. The van der Waals surface area contributed by atoms with Gasteiger partial charge in [0.05, 0.1) is 18.1 Å². The van der Waals surface area contributed by atoms with E-state index in [0.717, 1.165) is 44.2 Å². The normalized spacial score (nSPS) is 18.1. The van der Waals surface area contributed by atoms with Crippen LogP contribution in [0.2, 0.25) is 0 Å². The molecule has 0 radical (unpaired) electrons. The van der Waals surface area contributed by atoms with Gasteiger partial charge in [-0.05, 0) is 25.3 Å². The van der Waals surface area contributed by atoms with Crippen molar-refractivity contribution < 1.29 is 13.2 Å². The van der Waals surface area contributed by atoms with E-state index < -0.39 is 9.84 Å². The fraction of sp³-hybridized carbons (Fsp3) is 0.632. The fourth-order valence-electron chi connectivity index (χ4n) is 3.04. The van der Waals surface area contributed by atoms with E-state index in [1.807, 2.05) is 44.3 Å². The summed E-state index contributed by atoms with van der Waals surface area (Å²) >= 11 is 0. The van der Waals surface area contributed by atoms with Crippen molar-refractivity contribution in [1.82, 2.24) is 10.2 Å². The molecule has 7 heteroatoms. The largest absolute Gasteiger partial charge is 0.381 e. The third-order valence-electron chi connectivity index (χ3n) is 4.36. The molecule has 1 aromatic carbocycles. The highest BCUT2D eigenvalue weighted by Gasteiger charge is 2.19. The third kappa shape index (κ3) is 7.33. The number of sulfone groups is 1.